The van der Waals surface area contributed by atoms with Crippen LogP contribution in [0.25, 0.3) is 0 Å². The maximum Gasteiger partial charge on any atom is 0.240 e. The molecule has 0 aliphatic rings. The average Bonchev–Trinajstić information content (AvgIpc) is 2.77. The summed E-state index contributed by atoms with van der Waals surface area (Å²) in [5, 5.41) is 2.82. The highest BCUT2D eigenvalue weighted by Crippen LogP contribution is 2.19. The van der Waals surface area contributed by atoms with E-state index in [9.17, 15) is 17.6 Å². The molecule has 0 aromatic heterocycles. The number of rotatable bonds is 9. The first-order valence-electron chi connectivity index (χ1n) is 9.65. The molecule has 1 amide bonds. The normalized spacial score (nSPS) is 11.2. The summed E-state index contributed by atoms with van der Waals surface area (Å²) in [6.45, 7) is 0.217. The Balaban J connectivity index is 1.52. The van der Waals surface area contributed by atoms with Gasteiger partial charge in [0, 0.05) is 18.2 Å². The van der Waals surface area contributed by atoms with Gasteiger partial charge in [0.05, 0.1) is 4.90 Å². The number of carbonyl (C=O) groups is 1. The Kier molecular flexibility index (Phi) is 7.38. The lowest BCUT2D eigenvalue weighted by Crippen LogP contribution is -2.18. The number of hydrogen-bond acceptors (Lipinski definition) is 4. The van der Waals surface area contributed by atoms with Gasteiger partial charge in [0.25, 0.3) is 0 Å². The minimum atomic E-state index is -3.48. The van der Waals surface area contributed by atoms with Crippen molar-refractivity contribution in [2.75, 3.05) is 12.4 Å². The van der Waals surface area contributed by atoms with E-state index < -0.39 is 10.0 Å². The van der Waals surface area contributed by atoms with Crippen molar-refractivity contribution in [3.63, 3.8) is 0 Å². The number of nitrogens with one attached hydrogen (secondary N) is 2. The molecule has 6 nitrogen and oxygen atoms in total. The number of anilines is 1. The van der Waals surface area contributed by atoms with Gasteiger partial charge in [0.15, 0.2) is 0 Å². The van der Waals surface area contributed by atoms with Gasteiger partial charge in [-0.1, -0.05) is 30.3 Å². The lowest BCUT2D eigenvalue weighted by molar-refractivity contribution is -0.116. The Morgan fingerprint density at radius 1 is 0.968 bits per heavy atom. The summed E-state index contributed by atoms with van der Waals surface area (Å²) < 4.78 is 44.7. The van der Waals surface area contributed by atoms with E-state index in [1.165, 1.54) is 31.3 Å². The molecule has 0 aliphatic carbocycles. The predicted molar refractivity (Wildman–Crippen MR) is 117 cm³/mol. The number of halogens is 1. The number of aryl methyl sites for hydroxylation is 1. The second kappa shape index (κ2) is 10.2. The van der Waals surface area contributed by atoms with Gasteiger partial charge in [-0.25, -0.2) is 17.5 Å². The van der Waals surface area contributed by atoms with E-state index in [-0.39, 0.29) is 29.6 Å². The van der Waals surface area contributed by atoms with Gasteiger partial charge in [-0.3, -0.25) is 4.79 Å². The zero-order valence-electron chi connectivity index (χ0n) is 17.0. The minimum Gasteiger partial charge on any atom is -0.489 e. The summed E-state index contributed by atoms with van der Waals surface area (Å²) in [6, 6.07) is 19.6. The Bertz CT molecular complexity index is 1150. The van der Waals surface area contributed by atoms with E-state index in [0.717, 1.165) is 5.56 Å². The summed E-state index contributed by atoms with van der Waals surface area (Å²) in [6.07, 6.45) is 0.716. The molecule has 2 N–H and O–H groups in total. The summed E-state index contributed by atoms with van der Waals surface area (Å²) in [7, 11) is -2.12. The van der Waals surface area contributed by atoms with Crippen LogP contribution >= 0.6 is 0 Å². The van der Waals surface area contributed by atoms with Crippen LogP contribution in [0.3, 0.4) is 0 Å². The zero-order chi connectivity index (χ0) is 22.3. The minimum absolute atomic E-state index is 0.172. The van der Waals surface area contributed by atoms with Crippen LogP contribution < -0.4 is 14.8 Å². The first-order chi connectivity index (χ1) is 14.9. The van der Waals surface area contributed by atoms with Crippen molar-refractivity contribution >= 4 is 21.6 Å². The third-order valence-electron chi connectivity index (χ3n) is 4.56. The van der Waals surface area contributed by atoms with Gasteiger partial charge in [0.2, 0.25) is 15.9 Å². The largest absolute Gasteiger partial charge is 0.489 e. The van der Waals surface area contributed by atoms with Crippen molar-refractivity contribution in [3.05, 3.63) is 89.7 Å². The van der Waals surface area contributed by atoms with Gasteiger partial charge >= 0.3 is 0 Å². The molecule has 0 bridgehead atoms. The van der Waals surface area contributed by atoms with Crippen molar-refractivity contribution in [1.82, 2.24) is 4.72 Å². The Labute approximate surface area is 181 Å². The van der Waals surface area contributed by atoms with Crippen LogP contribution in [-0.2, 0) is 27.8 Å². The molecule has 0 spiro atoms. The zero-order valence-corrected chi connectivity index (χ0v) is 17.8. The molecule has 3 aromatic rings. The monoisotopic (exact) mass is 442 g/mol. The molecule has 0 aliphatic heterocycles. The second-order valence-electron chi connectivity index (χ2n) is 6.85. The Morgan fingerprint density at radius 2 is 1.71 bits per heavy atom. The van der Waals surface area contributed by atoms with Gasteiger partial charge < -0.3 is 10.1 Å². The van der Waals surface area contributed by atoms with Crippen LogP contribution in [0.15, 0.2) is 77.7 Å². The number of amides is 1. The van der Waals surface area contributed by atoms with Gasteiger partial charge in [-0.15, -0.1) is 0 Å². The molecule has 0 atom stereocenters. The summed E-state index contributed by atoms with van der Waals surface area (Å²) in [5.41, 5.74) is 2.16. The third-order valence-corrected chi connectivity index (χ3v) is 5.99. The van der Waals surface area contributed by atoms with Gasteiger partial charge in [0.1, 0.15) is 18.2 Å². The molecule has 31 heavy (non-hydrogen) atoms. The SMILES string of the molecule is CNS(=O)(=O)c1ccc(CCC(=O)Nc2cccc(OCc3cccc(F)c3)c2)cc1. The van der Waals surface area contributed by atoms with Crippen molar-refractivity contribution in [2.24, 2.45) is 0 Å². The van der Waals surface area contributed by atoms with Gasteiger partial charge in [-0.05, 0) is 61.0 Å². The molecule has 0 saturated carbocycles. The fourth-order valence-electron chi connectivity index (χ4n) is 2.89. The van der Waals surface area contributed by atoms with E-state index in [4.69, 9.17) is 4.74 Å². The molecule has 8 heteroatoms. The molecule has 0 unspecified atom stereocenters. The lowest BCUT2D eigenvalue weighted by Gasteiger charge is -2.10. The first kappa shape index (κ1) is 22.5. The van der Waals surface area contributed by atoms with Crippen LogP contribution in [0.2, 0.25) is 0 Å². The summed E-state index contributed by atoms with van der Waals surface area (Å²) in [4.78, 5) is 12.5. The number of benzene rings is 3. The molecule has 3 aromatic carbocycles. The maximum atomic E-state index is 13.3. The van der Waals surface area contributed by atoms with Crippen molar-refractivity contribution < 1.29 is 22.3 Å². The van der Waals surface area contributed by atoms with E-state index in [1.807, 2.05) is 0 Å². The Hall–Kier alpha value is -3.23. The quantitative estimate of drug-likeness (QED) is 0.527. The van der Waals surface area contributed by atoms with E-state index in [2.05, 4.69) is 10.0 Å². The maximum absolute atomic E-state index is 13.3. The number of carbonyl (C=O) groups excluding carboxylic acids is 1. The van der Waals surface area contributed by atoms with E-state index >= 15 is 0 Å². The van der Waals surface area contributed by atoms with Crippen molar-refractivity contribution in [2.45, 2.75) is 24.3 Å². The fourth-order valence-corrected chi connectivity index (χ4v) is 3.62. The van der Waals surface area contributed by atoms with Crippen molar-refractivity contribution in [1.29, 1.82) is 0 Å². The smallest absolute Gasteiger partial charge is 0.240 e. The van der Waals surface area contributed by atoms with Crippen LogP contribution in [-0.4, -0.2) is 21.4 Å². The second-order valence-corrected chi connectivity index (χ2v) is 8.73. The van der Waals surface area contributed by atoms with Crippen LogP contribution in [0.1, 0.15) is 17.5 Å². The van der Waals surface area contributed by atoms with Crippen molar-refractivity contribution in [3.8, 4) is 5.75 Å². The predicted octanol–water partition coefficient (Wildman–Crippen LogP) is 3.88. The standard InChI is InChI=1S/C23H23FN2O4S/c1-25-31(28,29)22-11-8-17(9-12-22)10-13-23(27)26-20-6-3-7-21(15-20)30-16-18-4-2-5-19(24)14-18/h2-9,11-12,14-15,25H,10,13,16H2,1H3,(H,26,27). The topological polar surface area (TPSA) is 84.5 Å². The highest BCUT2D eigenvalue weighted by molar-refractivity contribution is 7.89. The van der Waals surface area contributed by atoms with Gasteiger partial charge in [-0.2, -0.15) is 0 Å². The molecule has 0 radical (unpaired) electrons. The molecule has 0 saturated heterocycles. The number of hydrogen-bond donors (Lipinski definition) is 2. The summed E-state index contributed by atoms with van der Waals surface area (Å²) in [5.74, 6) is 0.0676. The number of ether oxygens (including phenoxy) is 1. The first-order valence-corrected chi connectivity index (χ1v) is 11.1. The highest BCUT2D eigenvalue weighted by Gasteiger charge is 2.11. The molecule has 3 rings (SSSR count). The number of sulfonamides is 1. The molecular formula is C23H23FN2O4S. The molecular weight excluding hydrogens is 419 g/mol. The Morgan fingerprint density at radius 3 is 2.42 bits per heavy atom. The average molecular weight is 443 g/mol. The van der Waals surface area contributed by atoms with Crippen LogP contribution in [0, 0.1) is 5.82 Å². The van der Waals surface area contributed by atoms with E-state index in [1.54, 1.807) is 48.5 Å². The summed E-state index contributed by atoms with van der Waals surface area (Å²) >= 11 is 0. The molecule has 0 fully saturated rings. The van der Waals surface area contributed by atoms with E-state index in [0.29, 0.717) is 23.4 Å². The van der Waals surface area contributed by atoms with Crippen LogP contribution in [0.5, 0.6) is 5.75 Å². The molecule has 0 heterocycles. The fraction of sp³-hybridized carbons (Fsp3) is 0.174. The molecule has 162 valence electrons. The lowest BCUT2D eigenvalue weighted by atomic mass is 10.1. The third kappa shape index (κ3) is 6.63. The van der Waals surface area contributed by atoms with Crippen LogP contribution in [0.4, 0.5) is 10.1 Å². The highest BCUT2D eigenvalue weighted by atomic mass is 32.2.